The van der Waals surface area contributed by atoms with Gasteiger partial charge in [-0.15, -0.1) is 15.3 Å². The van der Waals surface area contributed by atoms with Crippen molar-refractivity contribution >= 4 is 17.2 Å². The monoisotopic (exact) mass is 338 g/mol. The van der Waals surface area contributed by atoms with Crippen LogP contribution in [0.5, 0.6) is 0 Å². The van der Waals surface area contributed by atoms with Gasteiger partial charge >= 0.3 is 0 Å². The normalized spacial score (nSPS) is 11.0. The molecule has 0 bridgehead atoms. The molecule has 0 radical (unpaired) electrons. The number of fused-ring (bicyclic) bond motifs is 1. The van der Waals surface area contributed by atoms with Gasteiger partial charge in [0.25, 0.3) is 0 Å². The minimum absolute atomic E-state index is 0.271. The van der Waals surface area contributed by atoms with Crippen LogP contribution in [0.2, 0.25) is 0 Å². The van der Waals surface area contributed by atoms with Gasteiger partial charge in [0.05, 0.1) is 0 Å². The van der Waals surface area contributed by atoms with Crippen LogP contribution in [0.15, 0.2) is 54.9 Å². The Hall–Kier alpha value is -3.42. The van der Waals surface area contributed by atoms with Crippen molar-refractivity contribution < 1.29 is 8.78 Å². The first-order valence-electron chi connectivity index (χ1n) is 7.51. The number of hydrogen-bond donors (Lipinski definition) is 1. The number of nitrogens with one attached hydrogen (secondary N) is 1. The molecule has 0 aliphatic rings. The van der Waals surface area contributed by atoms with Crippen molar-refractivity contribution in [3.05, 3.63) is 77.9 Å². The Morgan fingerprint density at radius 3 is 2.44 bits per heavy atom. The van der Waals surface area contributed by atoms with Crippen LogP contribution in [0.4, 0.5) is 20.3 Å². The molecule has 0 saturated carbocycles. The average molecular weight is 338 g/mol. The van der Waals surface area contributed by atoms with Gasteiger partial charge in [0.15, 0.2) is 17.3 Å². The van der Waals surface area contributed by atoms with Crippen LogP contribution in [0.25, 0.3) is 5.65 Å². The lowest BCUT2D eigenvalue weighted by Crippen LogP contribution is -2.03. The van der Waals surface area contributed by atoms with E-state index in [1.165, 1.54) is 12.1 Å². The van der Waals surface area contributed by atoms with Gasteiger partial charge in [-0.2, -0.15) is 4.52 Å². The van der Waals surface area contributed by atoms with Gasteiger partial charge in [-0.05, 0) is 42.0 Å². The zero-order valence-electron chi connectivity index (χ0n) is 12.9. The first kappa shape index (κ1) is 15.1. The van der Waals surface area contributed by atoms with Crippen LogP contribution in [-0.2, 0) is 6.42 Å². The Kier molecular flexibility index (Phi) is 3.77. The molecule has 0 amide bonds. The van der Waals surface area contributed by atoms with Gasteiger partial charge in [0.1, 0.15) is 11.6 Å². The van der Waals surface area contributed by atoms with E-state index in [1.807, 2.05) is 12.1 Å². The highest BCUT2D eigenvalue weighted by atomic mass is 19.1. The van der Waals surface area contributed by atoms with E-state index >= 15 is 0 Å². The minimum atomic E-state index is -0.661. The summed E-state index contributed by atoms with van der Waals surface area (Å²) in [6.45, 7) is 0. The summed E-state index contributed by atoms with van der Waals surface area (Å²) in [7, 11) is 0. The lowest BCUT2D eigenvalue weighted by atomic mass is 10.2. The molecule has 3 heterocycles. The predicted molar refractivity (Wildman–Crippen MR) is 87.5 cm³/mol. The van der Waals surface area contributed by atoms with Crippen molar-refractivity contribution in [2.45, 2.75) is 6.42 Å². The molecule has 4 aromatic rings. The second-order valence-electron chi connectivity index (χ2n) is 5.42. The highest BCUT2D eigenvalue weighted by Gasteiger charge is 2.09. The molecule has 0 unspecified atom stereocenters. The molecule has 6 nitrogen and oxygen atoms in total. The van der Waals surface area contributed by atoms with E-state index in [2.05, 4.69) is 25.6 Å². The standard InChI is InChI=1S/C17H12F2N6/c18-12-8-13(19)10-14(9-12)21-15-1-2-16-22-23-17(25(16)24-15)7-11-3-5-20-6-4-11/h1-6,8-10H,7H2,(H,21,24). The van der Waals surface area contributed by atoms with Crippen LogP contribution in [0.1, 0.15) is 11.4 Å². The predicted octanol–water partition coefficient (Wildman–Crippen LogP) is 3.13. The maximum atomic E-state index is 13.3. The molecule has 0 atom stereocenters. The first-order valence-corrected chi connectivity index (χ1v) is 7.51. The van der Waals surface area contributed by atoms with Gasteiger partial charge in [-0.25, -0.2) is 8.78 Å². The highest BCUT2D eigenvalue weighted by molar-refractivity contribution is 5.57. The van der Waals surface area contributed by atoms with Gasteiger partial charge in [-0.1, -0.05) is 0 Å². The molecule has 0 spiro atoms. The highest BCUT2D eigenvalue weighted by Crippen LogP contribution is 2.18. The fraction of sp³-hybridized carbons (Fsp3) is 0.0588. The Morgan fingerprint density at radius 2 is 1.68 bits per heavy atom. The summed E-state index contributed by atoms with van der Waals surface area (Å²) in [6.07, 6.45) is 3.95. The molecule has 4 rings (SSSR count). The van der Waals surface area contributed by atoms with E-state index < -0.39 is 11.6 Å². The molecule has 1 N–H and O–H groups in total. The number of anilines is 2. The van der Waals surface area contributed by atoms with Crippen molar-refractivity contribution in [3.8, 4) is 0 Å². The topological polar surface area (TPSA) is 68.0 Å². The van der Waals surface area contributed by atoms with E-state index in [0.29, 0.717) is 23.7 Å². The number of benzene rings is 1. The van der Waals surface area contributed by atoms with E-state index in [4.69, 9.17) is 0 Å². The number of hydrogen-bond acceptors (Lipinski definition) is 5. The second kappa shape index (κ2) is 6.23. The zero-order valence-corrected chi connectivity index (χ0v) is 12.9. The Balaban J connectivity index is 1.66. The molecule has 0 saturated heterocycles. The van der Waals surface area contributed by atoms with Crippen molar-refractivity contribution in [2.75, 3.05) is 5.32 Å². The number of halogens is 2. The van der Waals surface area contributed by atoms with Crippen LogP contribution in [0.3, 0.4) is 0 Å². The van der Waals surface area contributed by atoms with Crippen molar-refractivity contribution in [3.63, 3.8) is 0 Å². The molecular weight excluding hydrogens is 326 g/mol. The molecule has 124 valence electrons. The zero-order chi connectivity index (χ0) is 17.2. The number of nitrogens with zero attached hydrogens (tertiary/aromatic N) is 5. The van der Waals surface area contributed by atoms with Gasteiger partial charge in [0, 0.05) is 30.6 Å². The number of rotatable bonds is 4. The average Bonchev–Trinajstić information content (AvgIpc) is 2.97. The van der Waals surface area contributed by atoms with Crippen LogP contribution in [-0.4, -0.2) is 24.8 Å². The largest absolute Gasteiger partial charge is 0.339 e. The molecule has 1 aromatic carbocycles. The van der Waals surface area contributed by atoms with Crippen molar-refractivity contribution in [2.24, 2.45) is 0 Å². The molecule has 0 aliphatic heterocycles. The third kappa shape index (κ3) is 3.27. The van der Waals surface area contributed by atoms with E-state index in [-0.39, 0.29) is 5.69 Å². The summed E-state index contributed by atoms with van der Waals surface area (Å²) in [5.74, 6) is -0.249. The smallest absolute Gasteiger partial charge is 0.178 e. The number of pyridine rings is 1. The second-order valence-corrected chi connectivity index (χ2v) is 5.42. The summed E-state index contributed by atoms with van der Waals surface area (Å²) in [5.41, 5.74) is 1.88. The first-order chi connectivity index (χ1) is 12.2. The maximum absolute atomic E-state index is 13.3. The quantitative estimate of drug-likeness (QED) is 0.619. The summed E-state index contributed by atoms with van der Waals surface area (Å²) in [4.78, 5) is 3.98. The fourth-order valence-electron chi connectivity index (χ4n) is 2.47. The molecule has 3 aromatic heterocycles. The molecule has 0 fully saturated rings. The van der Waals surface area contributed by atoms with Gasteiger partial charge < -0.3 is 5.32 Å². The van der Waals surface area contributed by atoms with E-state index in [1.54, 1.807) is 29.0 Å². The van der Waals surface area contributed by atoms with Gasteiger partial charge in [0.2, 0.25) is 0 Å². The van der Waals surface area contributed by atoms with Crippen molar-refractivity contribution in [1.29, 1.82) is 0 Å². The summed E-state index contributed by atoms with van der Waals surface area (Å²) in [5, 5.41) is 15.5. The van der Waals surface area contributed by atoms with Crippen LogP contribution >= 0.6 is 0 Å². The van der Waals surface area contributed by atoms with Crippen LogP contribution < -0.4 is 5.32 Å². The summed E-state index contributed by atoms with van der Waals surface area (Å²) >= 11 is 0. The van der Waals surface area contributed by atoms with Gasteiger partial charge in [-0.3, -0.25) is 4.98 Å². The lowest BCUT2D eigenvalue weighted by Gasteiger charge is -2.07. The molecule has 0 aliphatic carbocycles. The summed E-state index contributed by atoms with van der Waals surface area (Å²) < 4.78 is 28.2. The SMILES string of the molecule is Fc1cc(F)cc(Nc2ccc3nnc(Cc4ccncc4)n3n2)c1. The molecule has 8 heteroatoms. The van der Waals surface area contributed by atoms with Crippen molar-refractivity contribution in [1.82, 2.24) is 24.8 Å². The minimum Gasteiger partial charge on any atom is -0.339 e. The third-order valence-electron chi connectivity index (χ3n) is 3.57. The third-order valence-corrected chi connectivity index (χ3v) is 3.57. The van der Waals surface area contributed by atoms with Crippen LogP contribution in [0, 0.1) is 11.6 Å². The fourth-order valence-corrected chi connectivity index (χ4v) is 2.47. The van der Waals surface area contributed by atoms with E-state index in [9.17, 15) is 8.78 Å². The lowest BCUT2D eigenvalue weighted by molar-refractivity contribution is 0.584. The molecule has 25 heavy (non-hydrogen) atoms. The van der Waals surface area contributed by atoms with E-state index in [0.717, 1.165) is 11.6 Å². The number of aromatic nitrogens is 5. The summed E-state index contributed by atoms with van der Waals surface area (Å²) in [6, 6.07) is 10.4. The maximum Gasteiger partial charge on any atom is 0.178 e. The Bertz CT molecular complexity index is 1010. The Labute approximate surface area is 141 Å². The molecular formula is C17H12F2N6. The Morgan fingerprint density at radius 1 is 0.920 bits per heavy atom.